The quantitative estimate of drug-likeness (QED) is 0.0323. The van der Waals surface area contributed by atoms with E-state index in [-0.39, 0.29) is 24.9 Å². The van der Waals surface area contributed by atoms with Gasteiger partial charge in [-0.3, -0.25) is 9.59 Å². The molecule has 0 heterocycles. The SMILES string of the molecule is CCCCCCCC/C=C\CCCCCC(=O)OC(CCCCC/C=C/CCCCCCCCCCC)CC(=O)NC(CO)C(O)CCCCCCCCCCCC. The summed E-state index contributed by atoms with van der Waals surface area (Å²) in [5.74, 6) is -0.498. The lowest BCUT2D eigenvalue weighted by molar-refractivity contribution is -0.151. The number of aliphatic hydroxyl groups is 2. The molecular weight excluding hydrogens is 719 g/mol. The van der Waals surface area contributed by atoms with Crippen molar-refractivity contribution in [2.75, 3.05) is 6.61 Å². The van der Waals surface area contributed by atoms with E-state index in [1.807, 2.05) is 0 Å². The molecule has 0 bridgehead atoms. The van der Waals surface area contributed by atoms with Gasteiger partial charge in [0, 0.05) is 6.42 Å². The van der Waals surface area contributed by atoms with E-state index in [1.165, 1.54) is 154 Å². The van der Waals surface area contributed by atoms with Gasteiger partial charge in [-0.1, -0.05) is 206 Å². The molecule has 0 radical (unpaired) electrons. The molecule has 3 N–H and O–H groups in total. The van der Waals surface area contributed by atoms with Crippen LogP contribution in [-0.2, 0) is 14.3 Å². The van der Waals surface area contributed by atoms with Crippen LogP contribution in [0.1, 0.15) is 271 Å². The van der Waals surface area contributed by atoms with Crippen LogP contribution in [-0.4, -0.2) is 46.9 Å². The minimum absolute atomic E-state index is 0.0647. The van der Waals surface area contributed by atoms with Gasteiger partial charge in [-0.2, -0.15) is 0 Å². The van der Waals surface area contributed by atoms with E-state index in [2.05, 4.69) is 50.4 Å². The van der Waals surface area contributed by atoms with Gasteiger partial charge in [0.25, 0.3) is 0 Å². The van der Waals surface area contributed by atoms with Crippen LogP contribution in [0.15, 0.2) is 24.3 Å². The van der Waals surface area contributed by atoms with Crippen molar-refractivity contribution in [2.24, 2.45) is 0 Å². The van der Waals surface area contributed by atoms with Gasteiger partial charge >= 0.3 is 5.97 Å². The lowest BCUT2D eigenvalue weighted by Crippen LogP contribution is -2.46. The Morgan fingerprint density at radius 2 is 0.828 bits per heavy atom. The minimum atomic E-state index is -0.789. The Morgan fingerprint density at radius 1 is 0.483 bits per heavy atom. The fourth-order valence-electron chi connectivity index (χ4n) is 7.83. The van der Waals surface area contributed by atoms with Crippen LogP contribution in [0.5, 0.6) is 0 Å². The second kappa shape index (κ2) is 46.4. The third-order valence-electron chi connectivity index (χ3n) is 11.8. The first-order valence-corrected chi connectivity index (χ1v) is 25.6. The van der Waals surface area contributed by atoms with Crippen molar-refractivity contribution in [3.63, 3.8) is 0 Å². The number of hydrogen-bond acceptors (Lipinski definition) is 5. The molecule has 6 nitrogen and oxygen atoms in total. The van der Waals surface area contributed by atoms with E-state index in [1.54, 1.807) is 0 Å². The summed E-state index contributed by atoms with van der Waals surface area (Å²) in [6.45, 7) is 6.47. The highest BCUT2D eigenvalue weighted by molar-refractivity contribution is 5.77. The van der Waals surface area contributed by atoms with Gasteiger partial charge in [-0.05, 0) is 77.0 Å². The summed E-state index contributed by atoms with van der Waals surface area (Å²) in [6, 6.07) is -0.704. The van der Waals surface area contributed by atoms with E-state index < -0.39 is 18.2 Å². The predicted octanol–water partition coefficient (Wildman–Crippen LogP) is 15.1. The maximum absolute atomic E-state index is 13.2. The van der Waals surface area contributed by atoms with Crippen molar-refractivity contribution >= 4 is 11.9 Å². The van der Waals surface area contributed by atoms with Gasteiger partial charge in [-0.25, -0.2) is 0 Å². The first-order valence-electron chi connectivity index (χ1n) is 25.6. The number of hydrogen-bond donors (Lipinski definition) is 3. The third-order valence-corrected chi connectivity index (χ3v) is 11.8. The lowest BCUT2D eigenvalue weighted by Gasteiger charge is -2.24. The summed E-state index contributed by atoms with van der Waals surface area (Å²) >= 11 is 0. The maximum Gasteiger partial charge on any atom is 0.306 e. The van der Waals surface area contributed by atoms with E-state index in [0.29, 0.717) is 19.3 Å². The van der Waals surface area contributed by atoms with Crippen LogP contribution in [0.2, 0.25) is 0 Å². The number of carbonyl (C=O) groups excluding carboxylic acids is 2. The summed E-state index contributed by atoms with van der Waals surface area (Å²) in [4.78, 5) is 26.1. The molecule has 0 aliphatic carbocycles. The number of unbranched alkanes of at least 4 members (excludes halogenated alkanes) is 30. The molecular formula is C52H99NO5. The highest BCUT2D eigenvalue weighted by atomic mass is 16.5. The van der Waals surface area contributed by atoms with Crippen molar-refractivity contribution in [1.29, 1.82) is 0 Å². The fraction of sp³-hybridized carbons (Fsp3) is 0.885. The molecule has 0 aromatic carbocycles. The number of carbonyl (C=O) groups is 2. The number of nitrogens with one attached hydrogen (secondary N) is 1. The molecule has 0 saturated heterocycles. The van der Waals surface area contributed by atoms with Crippen molar-refractivity contribution in [1.82, 2.24) is 5.32 Å². The molecule has 0 aromatic heterocycles. The Balaban J connectivity index is 4.61. The minimum Gasteiger partial charge on any atom is -0.462 e. The van der Waals surface area contributed by atoms with E-state index >= 15 is 0 Å². The molecule has 0 aromatic rings. The van der Waals surface area contributed by atoms with Crippen molar-refractivity contribution in [2.45, 2.75) is 289 Å². The summed E-state index contributed by atoms with van der Waals surface area (Å²) in [7, 11) is 0. The Labute approximate surface area is 361 Å². The summed E-state index contributed by atoms with van der Waals surface area (Å²) in [5, 5.41) is 23.7. The number of ether oxygens (including phenoxy) is 1. The Kier molecular flexibility index (Phi) is 45.1. The second-order valence-corrected chi connectivity index (χ2v) is 17.6. The fourth-order valence-corrected chi connectivity index (χ4v) is 7.83. The molecule has 3 unspecified atom stereocenters. The largest absolute Gasteiger partial charge is 0.462 e. The number of allylic oxidation sites excluding steroid dienone is 4. The summed E-state index contributed by atoms with van der Waals surface area (Å²) < 4.78 is 5.91. The second-order valence-electron chi connectivity index (χ2n) is 17.6. The summed E-state index contributed by atoms with van der Waals surface area (Å²) in [6.07, 6.45) is 52.4. The molecule has 0 saturated carbocycles. The zero-order chi connectivity index (χ0) is 42.4. The van der Waals surface area contributed by atoms with Gasteiger partial charge in [0.1, 0.15) is 6.10 Å². The Bertz CT molecular complexity index is 919. The van der Waals surface area contributed by atoms with Crippen LogP contribution in [0.4, 0.5) is 0 Å². The number of amides is 1. The van der Waals surface area contributed by atoms with Gasteiger partial charge in [0.05, 0.1) is 25.2 Å². The average Bonchev–Trinajstić information content (AvgIpc) is 3.22. The predicted molar refractivity (Wildman–Crippen MR) is 250 cm³/mol. The zero-order valence-electron chi connectivity index (χ0n) is 38.9. The zero-order valence-corrected chi connectivity index (χ0v) is 38.9. The van der Waals surface area contributed by atoms with Gasteiger partial charge in [0.15, 0.2) is 0 Å². The van der Waals surface area contributed by atoms with E-state index in [4.69, 9.17) is 4.74 Å². The molecule has 3 atom stereocenters. The van der Waals surface area contributed by atoms with Crippen LogP contribution < -0.4 is 5.32 Å². The smallest absolute Gasteiger partial charge is 0.306 e. The summed E-state index contributed by atoms with van der Waals surface area (Å²) in [5.41, 5.74) is 0. The van der Waals surface area contributed by atoms with Gasteiger partial charge < -0.3 is 20.3 Å². The maximum atomic E-state index is 13.2. The standard InChI is InChI=1S/C52H99NO5/c1-4-7-10-13-16-19-22-24-25-26-28-29-31-34-37-40-43-48(58-52(57)45-42-39-36-33-30-27-23-20-17-14-11-8-5-2)46-51(56)53-49(47-54)50(55)44-41-38-35-32-21-18-15-12-9-6-3/h27-30,48-50,54-55H,4-26,31-47H2,1-3H3,(H,53,56)/b29-28+,30-27-. The van der Waals surface area contributed by atoms with Crippen molar-refractivity contribution < 1.29 is 24.5 Å². The van der Waals surface area contributed by atoms with Crippen molar-refractivity contribution in [3.05, 3.63) is 24.3 Å². The van der Waals surface area contributed by atoms with Gasteiger partial charge in [0.2, 0.25) is 5.91 Å². The van der Waals surface area contributed by atoms with E-state index in [9.17, 15) is 19.8 Å². The number of rotatable bonds is 46. The Hall–Kier alpha value is -1.66. The normalized spacial score (nSPS) is 13.4. The van der Waals surface area contributed by atoms with Crippen LogP contribution in [0, 0.1) is 0 Å². The highest BCUT2D eigenvalue weighted by Gasteiger charge is 2.24. The third kappa shape index (κ3) is 41.1. The topological polar surface area (TPSA) is 95.9 Å². The molecule has 0 fully saturated rings. The van der Waals surface area contributed by atoms with Crippen LogP contribution in [0.3, 0.4) is 0 Å². The lowest BCUT2D eigenvalue weighted by atomic mass is 10.0. The number of aliphatic hydroxyl groups excluding tert-OH is 2. The molecule has 0 aliphatic heterocycles. The number of esters is 1. The van der Waals surface area contributed by atoms with Crippen molar-refractivity contribution in [3.8, 4) is 0 Å². The molecule has 0 spiro atoms. The van der Waals surface area contributed by atoms with E-state index in [0.717, 1.165) is 70.6 Å². The molecule has 0 aliphatic rings. The Morgan fingerprint density at radius 3 is 1.24 bits per heavy atom. The highest BCUT2D eigenvalue weighted by Crippen LogP contribution is 2.17. The first kappa shape index (κ1) is 56.3. The molecule has 58 heavy (non-hydrogen) atoms. The molecule has 6 heteroatoms. The average molecular weight is 818 g/mol. The molecule has 0 rings (SSSR count). The molecule has 342 valence electrons. The van der Waals surface area contributed by atoms with Crippen LogP contribution >= 0.6 is 0 Å². The van der Waals surface area contributed by atoms with Crippen LogP contribution in [0.25, 0.3) is 0 Å². The first-order chi connectivity index (χ1) is 28.5. The molecule has 1 amide bonds. The monoisotopic (exact) mass is 818 g/mol. The van der Waals surface area contributed by atoms with Gasteiger partial charge in [-0.15, -0.1) is 0 Å².